The number of likely N-dealkylation sites (N-methyl/N-ethyl adjacent to an activating group) is 1. The van der Waals surface area contributed by atoms with Crippen LogP contribution in [0.4, 0.5) is 0 Å². The molecule has 3 atom stereocenters. The molecule has 18 heavy (non-hydrogen) atoms. The first-order chi connectivity index (χ1) is 8.72. The third kappa shape index (κ3) is 3.10. The molecule has 100 valence electrons. The van der Waals surface area contributed by atoms with Crippen molar-refractivity contribution < 1.29 is 4.74 Å². The van der Waals surface area contributed by atoms with Gasteiger partial charge in [-0.1, -0.05) is 30.3 Å². The highest BCUT2D eigenvalue weighted by Crippen LogP contribution is 2.21. The smallest absolute Gasteiger partial charge is 0.0703 e. The average Bonchev–Trinajstić information content (AvgIpc) is 2.82. The molecule has 1 aliphatic heterocycles. The molecule has 3 unspecified atom stereocenters. The van der Waals surface area contributed by atoms with Gasteiger partial charge in [0.1, 0.15) is 0 Å². The fourth-order valence-corrected chi connectivity index (χ4v) is 2.81. The van der Waals surface area contributed by atoms with Gasteiger partial charge in [-0.2, -0.15) is 0 Å². The van der Waals surface area contributed by atoms with Crippen LogP contribution < -0.4 is 5.73 Å². The Kier molecular flexibility index (Phi) is 4.75. The van der Waals surface area contributed by atoms with Crippen LogP contribution in [0.1, 0.15) is 18.9 Å². The molecule has 1 saturated heterocycles. The van der Waals surface area contributed by atoms with E-state index in [9.17, 15) is 0 Å². The molecule has 0 bridgehead atoms. The lowest BCUT2D eigenvalue weighted by Gasteiger charge is -2.34. The maximum absolute atomic E-state index is 5.95. The van der Waals surface area contributed by atoms with Crippen molar-refractivity contribution in [1.82, 2.24) is 4.90 Å². The van der Waals surface area contributed by atoms with Gasteiger partial charge < -0.3 is 10.5 Å². The lowest BCUT2D eigenvalue weighted by atomic mass is 10.0. The van der Waals surface area contributed by atoms with Crippen LogP contribution in [0.25, 0.3) is 0 Å². The van der Waals surface area contributed by atoms with Gasteiger partial charge >= 0.3 is 0 Å². The number of hydrogen-bond acceptors (Lipinski definition) is 3. The first kappa shape index (κ1) is 13.5. The number of rotatable bonds is 5. The van der Waals surface area contributed by atoms with E-state index in [1.165, 1.54) is 5.56 Å². The minimum absolute atomic E-state index is 0.319. The summed E-state index contributed by atoms with van der Waals surface area (Å²) in [4.78, 5) is 2.41. The molecule has 0 aromatic heterocycles. The maximum Gasteiger partial charge on any atom is 0.0703 e. The van der Waals surface area contributed by atoms with Gasteiger partial charge in [0.25, 0.3) is 0 Å². The third-order valence-electron chi connectivity index (χ3n) is 4.02. The summed E-state index contributed by atoms with van der Waals surface area (Å²) in [6, 6.07) is 11.5. The molecule has 1 heterocycles. The number of ether oxygens (including phenoxy) is 1. The largest absolute Gasteiger partial charge is 0.377 e. The summed E-state index contributed by atoms with van der Waals surface area (Å²) in [6.07, 6.45) is 2.44. The summed E-state index contributed by atoms with van der Waals surface area (Å²) in [6.45, 7) is 3.72. The predicted octanol–water partition coefficient (Wildman–Crippen LogP) is 1.67. The summed E-state index contributed by atoms with van der Waals surface area (Å²) in [5.74, 6) is 0. The number of benzene rings is 1. The minimum Gasteiger partial charge on any atom is -0.377 e. The fourth-order valence-electron chi connectivity index (χ4n) is 2.81. The second-order valence-corrected chi connectivity index (χ2v) is 5.18. The normalized spacial score (nSPS) is 25.6. The van der Waals surface area contributed by atoms with Crippen LogP contribution in [0.5, 0.6) is 0 Å². The summed E-state index contributed by atoms with van der Waals surface area (Å²) in [5, 5.41) is 0. The molecule has 3 nitrogen and oxygen atoms in total. The van der Waals surface area contributed by atoms with Gasteiger partial charge in [-0.3, -0.25) is 4.90 Å². The monoisotopic (exact) mass is 248 g/mol. The van der Waals surface area contributed by atoms with E-state index in [0.717, 1.165) is 19.4 Å². The van der Waals surface area contributed by atoms with Gasteiger partial charge in [0, 0.05) is 25.2 Å². The van der Waals surface area contributed by atoms with Crippen molar-refractivity contribution in [3.8, 4) is 0 Å². The quantitative estimate of drug-likeness (QED) is 0.861. The van der Waals surface area contributed by atoms with E-state index < -0.39 is 0 Å². The lowest BCUT2D eigenvalue weighted by Crippen LogP contribution is -2.48. The van der Waals surface area contributed by atoms with E-state index in [1.54, 1.807) is 0 Å². The van der Waals surface area contributed by atoms with Crippen molar-refractivity contribution in [3.63, 3.8) is 0 Å². The molecule has 1 aromatic rings. The van der Waals surface area contributed by atoms with Crippen molar-refractivity contribution in [2.75, 3.05) is 20.2 Å². The second-order valence-electron chi connectivity index (χ2n) is 5.18. The zero-order valence-electron chi connectivity index (χ0n) is 11.4. The Bertz CT molecular complexity index is 355. The highest BCUT2D eigenvalue weighted by molar-refractivity contribution is 5.16. The lowest BCUT2D eigenvalue weighted by molar-refractivity contribution is 0.0687. The van der Waals surface area contributed by atoms with Gasteiger partial charge in [0.05, 0.1) is 6.10 Å². The average molecular weight is 248 g/mol. The van der Waals surface area contributed by atoms with E-state index in [-0.39, 0.29) is 0 Å². The zero-order chi connectivity index (χ0) is 13.0. The summed E-state index contributed by atoms with van der Waals surface area (Å²) in [5.41, 5.74) is 7.31. The van der Waals surface area contributed by atoms with E-state index in [2.05, 4.69) is 49.2 Å². The van der Waals surface area contributed by atoms with Crippen molar-refractivity contribution >= 4 is 0 Å². The van der Waals surface area contributed by atoms with E-state index in [1.807, 2.05) is 0 Å². The van der Waals surface area contributed by atoms with Crippen molar-refractivity contribution in [2.24, 2.45) is 5.73 Å². The Labute approximate surface area is 110 Å². The SMILES string of the molecule is CC1OCCC1N(C)C(CN)Cc1ccccc1. The van der Waals surface area contributed by atoms with Crippen LogP contribution >= 0.6 is 0 Å². The van der Waals surface area contributed by atoms with Crippen LogP contribution in [0, 0.1) is 0 Å². The van der Waals surface area contributed by atoms with Crippen LogP contribution in [-0.2, 0) is 11.2 Å². The number of nitrogens with two attached hydrogens (primary N) is 1. The topological polar surface area (TPSA) is 38.5 Å². The van der Waals surface area contributed by atoms with Gasteiger partial charge in [0.15, 0.2) is 0 Å². The molecule has 3 heteroatoms. The van der Waals surface area contributed by atoms with Crippen LogP contribution in [0.2, 0.25) is 0 Å². The fraction of sp³-hybridized carbons (Fsp3) is 0.600. The Hall–Kier alpha value is -0.900. The number of nitrogens with zero attached hydrogens (tertiary/aromatic N) is 1. The van der Waals surface area contributed by atoms with Gasteiger partial charge in [-0.15, -0.1) is 0 Å². The summed E-state index contributed by atoms with van der Waals surface area (Å²) < 4.78 is 5.65. The van der Waals surface area contributed by atoms with Crippen molar-refractivity contribution in [3.05, 3.63) is 35.9 Å². The predicted molar refractivity (Wildman–Crippen MR) is 74.6 cm³/mol. The van der Waals surface area contributed by atoms with E-state index in [0.29, 0.717) is 24.7 Å². The van der Waals surface area contributed by atoms with Gasteiger partial charge in [0.2, 0.25) is 0 Å². The zero-order valence-corrected chi connectivity index (χ0v) is 11.4. The summed E-state index contributed by atoms with van der Waals surface area (Å²) in [7, 11) is 2.18. The summed E-state index contributed by atoms with van der Waals surface area (Å²) >= 11 is 0. The minimum atomic E-state index is 0.319. The Morgan fingerprint density at radius 1 is 1.39 bits per heavy atom. The van der Waals surface area contributed by atoms with E-state index >= 15 is 0 Å². The Balaban J connectivity index is 1.99. The first-order valence-electron chi connectivity index (χ1n) is 6.80. The second kappa shape index (κ2) is 6.32. The van der Waals surface area contributed by atoms with Gasteiger partial charge in [-0.25, -0.2) is 0 Å². The molecule has 0 radical (unpaired) electrons. The molecular weight excluding hydrogens is 224 g/mol. The van der Waals surface area contributed by atoms with Crippen molar-refractivity contribution in [1.29, 1.82) is 0 Å². The molecule has 1 aromatic carbocycles. The Morgan fingerprint density at radius 2 is 2.11 bits per heavy atom. The van der Waals surface area contributed by atoms with Crippen LogP contribution in [-0.4, -0.2) is 43.3 Å². The first-order valence-corrected chi connectivity index (χ1v) is 6.80. The van der Waals surface area contributed by atoms with E-state index in [4.69, 9.17) is 10.5 Å². The molecule has 1 aliphatic rings. The molecule has 1 fully saturated rings. The van der Waals surface area contributed by atoms with Gasteiger partial charge in [-0.05, 0) is 32.4 Å². The molecule has 0 aliphatic carbocycles. The molecule has 0 spiro atoms. The standard InChI is InChI=1S/C15H24N2O/c1-12-15(8-9-18-12)17(2)14(11-16)10-13-6-4-3-5-7-13/h3-7,12,14-15H,8-11,16H2,1-2H3. The highest BCUT2D eigenvalue weighted by Gasteiger charge is 2.31. The van der Waals surface area contributed by atoms with Crippen molar-refractivity contribution in [2.45, 2.75) is 38.0 Å². The molecule has 2 N–H and O–H groups in total. The highest BCUT2D eigenvalue weighted by atomic mass is 16.5. The number of hydrogen-bond donors (Lipinski definition) is 1. The third-order valence-corrected chi connectivity index (χ3v) is 4.02. The maximum atomic E-state index is 5.95. The molecule has 0 saturated carbocycles. The van der Waals surface area contributed by atoms with Crippen LogP contribution in [0.3, 0.4) is 0 Å². The van der Waals surface area contributed by atoms with Crippen LogP contribution in [0.15, 0.2) is 30.3 Å². The Morgan fingerprint density at radius 3 is 2.67 bits per heavy atom. The molecule has 2 rings (SSSR count). The molecule has 0 amide bonds. The molecular formula is C15H24N2O.